The number of rotatable bonds is 4. The van der Waals surface area contributed by atoms with Gasteiger partial charge in [0, 0.05) is 17.6 Å². The van der Waals surface area contributed by atoms with Gasteiger partial charge in [-0.05, 0) is 49.7 Å². The number of aryl methyl sites for hydroxylation is 2. The molecule has 0 aliphatic heterocycles. The fraction of sp³-hybridized carbons (Fsp3) is 0.267. The second kappa shape index (κ2) is 6.03. The summed E-state index contributed by atoms with van der Waals surface area (Å²) in [6, 6.07) is 10.6. The Morgan fingerprint density at radius 2 is 2.06 bits per heavy atom. The molecule has 0 spiro atoms. The molecule has 94 valence electrons. The van der Waals surface area contributed by atoms with Gasteiger partial charge in [0.15, 0.2) is 0 Å². The van der Waals surface area contributed by atoms with Crippen LogP contribution in [0.2, 0.25) is 0 Å². The van der Waals surface area contributed by atoms with Crippen LogP contribution >= 0.6 is 11.8 Å². The molecule has 0 saturated heterocycles. The van der Waals surface area contributed by atoms with Crippen LogP contribution in [0.3, 0.4) is 0 Å². The van der Waals surface area contributed by atoms with Crippen molar-refractivity contribution in [1.82, 2.24) is 10.3 Å². The number of pyridine rings is 1. The smallest absolute Gasteiger partial charge is 0.105 e. The molecule has 0 saturated carbocycles. The molecule has 1 aromatic carbocycles. The average Bonchev–Trinajstić information content (AvgIpc) is 2.36. The SMILES string of the molecule is CNCc1cccnc1Sc1cc(C)ccc1C. The molecule has 1 N–H and O–H groups in total. The molecule has 0 unspecified atom stereocenters. The normalized spacial score (nSPS) is 10.6. The minimum atomic E-state index is 0.848. The summed E-state index contributed by atoms with van der Waals surface area (Å²) in [6.07, 6.45) is 1.85. The van der Waals surface area contributed by atoms with Crippen LogP contribution < -0.4 is 5.32 Å². The third kappa shape index (κ3) is 3.12. The Balaban J connectivity index is 2.30. The quantitative estimate of drug-likeness (QED) is 0.907. The van der Waals surface area contributed by atoms with Crippen molar-refractivity contribution in [2.45, 2.75) is 30.3 Å². The van der Waals surface area contributed by atoms with E-state index in [1.165, 1.54) is 21.6 Å². The molecule has 0 fully saturated rings. The van der Waals surface area contributed by atoms with Gasteiger partial charge in [-0.3, -0.25) is 0 Å². The van der Waals surface area contributed by atoms with Crippen molar-refractivity contribution < 1.29 is 0 Å². The van der Waals surface area contributed by atoms with Gasteiger partial charge < -0.3 is 5.32 Å². The van der Waals surface area contributed by atoms with Crippen LogP contribution in [0.25, 0.3) is 0 Å². The summed E-state index contributed by atoms with van der Waals surface area (Å²) in [7, 11) is 1.96. The maximum absolute atomic E-state index is 4.49. The highest BCUT2D eigenvalue weighted by atomic mass is 32.2. The first-order chi connectivity index (χ1) is 8.70. The third-order valence-electron chi connectivity index (χ3n) is 2.77. The molecule has 0 aliphatic carbocycles. The Morgan fingerprint density at radius 3 is 2.83 bits per heavy atom. The Bertz CT molecular complexity index is 538. The van der Waals surface area contributed by atoms with E-state index in [1.54, 1.807) is 11.8 Å². The lowest BCUT2D eigenvalue weighted by Crippen LogP contribution is -2.06. The first-order valence-corrected chi connectivity index (χ1v) is 6.86. The van der Waals surface area contributed by atoms with Gasteiger partial charge in [0.2, 0.25) is 0 Å². The van der Waals surface area contributed by atoms with Gasteiger partial charge in [-0.2, -0.15) is 0 Å². The second-order valence-corrected chi connectivity index (χ2v) is 5.40. The van der Waals surface area contributed by atoms with Crippen molar-refractivity contribution in [3.63, 3.8) is 0 Å². The standard InChI is InChI=1S/C15H18N2S/c1-11-6-7-12(2)14(9-11)18-15-13(10-16-3)5-4-8-17-15/h4-9,16H,10H2,1-3H3. The summed E-state index contributed by atoms with van der Waals surface area (Å²) in [6.45, 7) is 5.11. The molecular weight excluding hydrogens is 240 g/mol. The topological polar surface area (TPSA) is 24.9 Å². The molecule has 0 aliphatic rings. The highest BCUT2D eigenvalue weighted by molar-refractivity contribution is 7.99. The fourth-order valence-electron chi connectivity index (χ4n) is 1.76. The van der Waals surface area contributed by atoms with Gasteiger partial charge in [-0.15, -0.1) is 0 Å². The lowest BCUT2D eigenvalue weighted by molar-refractivity contribution is 0.789. The van der Waals surface area contributed by atoms with Gasteiger partial charge in [0.05, 0.1) is 0 Å². The van der Waals surface area contributed by atoms with Crippen molar-refractivity contribution in [2.24, 2.45) is 0 Å². The van der Waals surface area contributed by atoms with Crippen LogP contribution in [0.1, 0.15) is 16.7 Å². The molecule has 0 atom stereocenters. The Morgan fingerprint density at radius 1 is 1.22 bits per heavy atom. The van der Waals surface area contributed by atoms with Gasteiger partial charge >= 0.3 is 0 Å². The molecule has 1 heterocycles. The highest BCUT2D eigenvalue weighted by Crippen LogP contribution is 2.31. The van der Waals surface area contributed by atoms with E-state index in [0.29, 0.717) is 0 Å². The van der Waals surface area contributed by atoms with Crippen molar-refractivity contribution in [3.05, 3.63) is 53.2 Å². The first kappa shape index (κ1) is 13.1. The maximum atomic E-state index is 4.49. The van der Waals surface area contributed by atoms with Gasteiger partial charge in [-0.1, -0.05) is 30.0 Å². The van der Waals surface area contributed by atoms with Gasteiger partial charge in [0.1, 0.15) is 5.03 Å². The summed E-state index contributed by atoms with van der Waals surface area (Å²) >= 11 is 1.74. The predicted molar refractivity (Wildman–Crippen MR) is 77.0 cm³/mol. The second-order valence-electron chi connectivity index (χ2n) is 4.37. The Labute approximate surface area is 113 Å². The predicted octanol–water partition coefficient (Wildman–Crippen LogP) is 3.57. The lowest BCUT2D eigenvalue weighted by Gasteiger charge is -2.10. The average molecular weight is 258 g/mol. The molecular formula is C15H18N2S. The van der Waals surface area contributed by atoms with E-state index in [2.05, 4.69) is 48.4 Å². The first-order valence-electron chi connectivity index (χ1n) is 6.04. The minimum Gasteiger partial charge on any atom is -0.316 e. The number of hydrogen-bond donors (Lipinski definition) is 1. The number of aromatic nitrogens is 1. The zero-order valence-electron chi connectivity index (χ0n) is 11.0. The summed E-state index contributed by atoms with van der Waals surface area (Å²) in [4.78, 5) is 5.77. The summed E-state index contributed by atoms with van der Waals surface area (Å²) < 4.78 is 0. The molecule has 1 aromatic heterocycles. The van der Waals surface area contributed by atoms with Gasteiger partial charge in [0.25, 0.3) is 0 Å². The van der Waals surface area contributed by atoms with Gasteiger partial charge in [-0.25, -0.2) is 4.98 Å². The number of nitrogens with one attached hydrogen (secondary N) is 1. The number of hydrogen-bond acceptors (Lipinski definition) is 3. The Hall–Kier alpha value is -1.32. The van der Waals surface area contributed by atoms with E-state index in [-0.39, 0.29) is 0 Å². The van der Waals surface area contributed by atoms with Crippen LogP contribution in [-0.4, -0.2) is 12.0 Å². The van der Waals surface area contributed by atoms with E-state index in [1.807, 2.05) is 19.3 Å². The van der Waals surface area contributed by atoms with Crippen molar-refractivity contribution in [3.8, 4) is 0 Å². The van der Waals surface area contributed by atoms with Crippen LogP contribution in [0.4, 0.5) is 0 Å². The van der Waals surface area contributed by atoms with E-state index in [0.717, 1.165) is 11.6 Å². The van der Waals surface area contributed by atoms with E-state index in [9.17, 15) is 0 Å². The van der Waals surface area contributed by atoms with Crippen LogP contribution in [0.15, 0.2) is 46.5 Å². The monoisotopic (exact) mass is 258 g/mol. The zero-order chi connectivity index (χ0) is 13.0. The molecule has 0 bridgehead atoms. The van der Waals surface area contributed by atoms with Crippen molar-refractivity contribution >= 4 is 11.8 Å². The molecule has 3 heteroatoms. The number of benzene rings is 1. The number of nitrogens with zero attached hydrogens (tertiary/aromatic N) is 1. The van der Waals surface area contributed by atoms with Crippen molar-refractivity contribution in [2.75, 3.05) is 7.05 Å². The van der Waals surface area contributed by atoms with Crippen molar-refractivity contribution in [1.29, 1.82) is 0 Å². The fourth-order valence-corrected chi connectivity index (χ4v) is 2.83. The third-order valence-corrected chi connectivity index (χ3v) is 3.99. The van der Waals surface area contributed by atoms with E-state index in [4.69, 9.17) is 0 Å². The summed E-state index contributed by atoms with van der Waals surface area (Å²) in [5.41, 5.74) is 3.83. The molecule has 18 heavy (non-hydrogen) atoms. The molecule has 2 rings (SSSR count). The summed E-state index contributed by atoms with van der Waals surface area (Å²) in [5.74, 6) is 0. The molecule has 0 amide bonds. The van der Waals surface area contributed by atoms with Crippen LogP contribution in [-0.2, 0) is 6.54 Å². The molecule has 2 aromatic rings. The van der Waals surface area contributed by atoms with Crippen LogP contribution in [0, 0.1) is 13.8 Å². The van der Waals surface area contributed by atoms with Crippen LogP contribution in [0.5, 0.6) is 0 Å². The zero-order valence-corrected chi connectivity index (χ0v) is 11.8. The summed E-state index contributed by atoms with van der Waals surface area (Å²) in [5, 5.41) is 4.27. The molecule has 0 radical (unpaired) electrons. The largest absolute Gasteiger partial charge is 0.316 e. The van der Waals surface area contributed by atoms with E-state index >= 15 is 0 Å². The lowest BCUT2D eigenvalue weighted by atomic mass is 10.2. The Kier molecular flexibility index (Phi) is 4.39. The molecule has 2 nitrogen and oxygen atoms in total. The maximum Gasteiger partial charge on any atom is 0.105 e. The minimum absolute atomic E-state index is 0.848. The highest BCUT2D eigenvalue weighted by Gasteiger charge is 2.07. The van der Waals surface area contributed by atoms with E-state index < -0.39 is 0 Å².